The second-order valence-electron chi connectivity index (χ2n) is 3.88. The van der Waals surface area contributed by atoms with Gasteiger partial charge in [-0.05, 0) is 30.3 Å². The lowest BCUT2D eigenvalue weighted by molar-refractivity contribution is 0.102. The van der Waals surface area contributed by atoms with Gasteiger partial charge in [0.25, 0.3) is 5.91 Å². The highest BCUT2D eigenvalue weighted by Gasteiger charge is 2.11. The number of para-hydroxylation sites is 1. The van der Waals surface area contributed by atoms with Crippen molar-refractivity contribution in [1.29, 1.82) is 0 Å². The lowest BCUT2D eigenvalue weighted by Crippen LogP contribution is -2.13. The van der Waals surface area contributed by atoms with Crippen LogP contribution in [0.25, 0.3) is 0 Å². The standard InChI is InChI=1S/C14H12ClFN2O/c1-17-13-5-3-2-4-10(13)14(19)18-9-6-7-12(16)11(15)8-9/h2-8,17H,1H3,(H,18,19). The number of carbonyl (C=O) groups is 1. The Hall–Kier alpha value is -2.07. The molecule has 0 aliphatic carbocycles. The quantitative estimate of drug-likeness (QED) is 0.897. The fraction of sp³-hybridized carbons (Fsp3) is 0.0714. The normalized spacial score (nSPS) is 10.1. The van der Waals surface area contributed by atoms with Crippen LogP contribution in [0.3, 0.4) is 0 Å². The molecule has 0 saturated carbocycles. The van der Waals surface area contributed by atoms with Gasteiger partial charge in [0, 0.05) is 18.4 Å². The molecule has 0 aliphatic rings. The molecule has 0 fully saturated rings. The summed E-state index contributed by atoms with van der Waals surface area (Å²) in [7, 11) is 1.74. The molecule has 0 bridgehead atoms. The fourth-order valence-corrected chi connectivity index (χ4v) is 1.85. The average molecular weight is 279 g/mol. The van der Waals surface area contributed by atoms with E-state index < -0.39 is 5.82 Å². The van der Waals surface area contributed by atoms with Crippen LogP contribution >= 0.6 is 11.6 Å². The number of benzene rings is 2. The van der Waals surface area contributed by atoms with Gasteiger partial charge in [0.15, 0.2) is 0 Å². The van der Waals surface area contributed by atoms with Crippen LogP contribution in [0, 0.1) is 5.82 Å². The van der Waals surface area contributed by atoms with Crippen molar-refractivity contribution < 1.29 is 9.18 Å². The largest absolute Gasteiger partial charge is 0.387 e. The van der Waals surface area contributed by atoms with E-state index in [0.29, 0.717) is 16.9 Å². The summed E-state index contributed by atoms with van der Waals surface area (Å²) in [5.74, 6) is -0.803. The molecule has 2 aromatic rings. The summed E-state index contributed by atoms with van der Waals surface area (Å²) in [6, 6.07) is 11.1. The number of hydrogen-bond acceptors (Lipinski definition) is 2. The zero-order valence-corrected chi connectivity index (χ0v) is 11.0. The van der Waals surface area contributed by atoms with Gasteiger partial charge in [-0.15, -0.1) is 0 Å². The van der Waals surface area contributed by atoms with Crippen molar-refractivity contribution in [2.24, 2.45) is 0 Å². The summed E-state index contributed by atoms with van der Waals surface area (Å²) in [6.45, 7) is 0. The smallest absolute Gasteiger partial charge is 0.257 e. The van der Waals surface area contributed by atoms with E-state index in [1.54, 1.807) is 25.2 Å². The Balaban J connectivity index is 2.23. The molecule has 2 rings (SSSR count). The first kappa shape index (κ1) is 13.4. The summed E-state index contributed by atoms with van der Waals surface area (Å²) in [5.41, 5.74) is 1.67. The van der Waals surface area contributed by atoms with E-state index >= 15 is 0 Å². The van der Waals surface area contributed by atoms with Gasteiger partial charge in [-0.3, -0.25) is 4.79 Å². The van der Waals surface area contributed by atoms with E-state index in [4.69, 9.17) is 11.6 Å². The number of rotatable bonds is 3. The lowest BCUT2D eigenvalue weighted by Gasteiger charge is -2.10. The van der Waals surface area contributed by atoms with Crippen LogP contribution in [0.2, 0.25) is 5.02 Å². The van der Waals surface area contributed by atoms with Crippen molar-refractivity contribution in [2.75, 3.05) is 17.7 Å². The molecule has 0 heterocycles. The first-order valence-corrected chi connectivity index (χ1v) is 6.03. The number of halogens is 2. The molecule has 1 amide bonds. The third-order valence-electron chi connectivity index (χ3n) is 2.62. The Kier molecular flexibility index (Phi) is 4.02. The number of anilines is 2. The predicted octanol–water partition coefficient (Wildman–Crippen LogP) is 3.77. The minimum atomic E-state index is -0.518. The van der Waals surface area contributed by atoms with Crippen molar-refractivity contribution in [1.82, 2.24) is 0 Å². The van der Waals surface area contributed by atoms with E-state index in [1.807, 2.05) is 6.07 Å². The van der Waals surface area contributed by atoms with Crippen LogP contribution in [0.5, 0.6) is 0 Å². The highest BCUT2D eigenvalue weighted by molar-refractivity contribution is 6.31. The van der Waals surface area contributed by atoms with Gasteiger partial charge in [0.05, 0.1) is 10.6 Å². The highest BCUT2D eigenvalue weighted by Crippen LogP contribution is 2.21. The van der Waals surface area contributed by atoms with E-state index in [-0.39, 0.29) is 10.9 Å². The lowest BCUT2D eigenvalue weighted by atomic mass is 10.1. The zero-order chi connectivity index (χ0) is 13.8. The highest BCUT2D eigenvalue weighted by atomic mass is 35.5. The molecule has 0 aliphatic heterocycles. The van der Waals surface area contributed by atoms with Gasteiger partial charge < -0.3 is 10.6 Å². The van der Waals surface area contributed by atoms with Crippen LogP contribution in [0.15, 0.2) is 42.5 Å². The molecule has 0 spiro atoms. The van der Waals surface area contributed by atoms with Gasteiger partial charge in [0.2, 0.25) is 0 Å². The third-order valence-corrected chi connectivity index (χ3v) is 2.91. The number of amides is 1. The summed E-state index contributed by atoms with van der Waals surface area (Å²) in [4.78, 5) is 12.1. The van der Waals surface area contributed by atoms with Crippen molar-refractivity contribution in [2.45, 2.75) is 0 Å². The molecule has 2 N–H and O–H groups in total. The summed E-state index contributed by atoms with van der Waals surface area (Å²) in [6.07, 6.45) is 0. The second-order valence-corrected chi connectivity index (χ2v) is 4.29. The molecular weight excluding hydrogens is 267 g/mol. The fourth-order valence-electron chi connectivity index (χ4n) is 1.67. The Morgan fingerprint density at radius 2 is 1.95 bits per heavy atom. The molecule has 0 saturated heterocycles. The molecule has 0 unspecified atom stereocenters. The maximum atomic E-state index is 13.0. The SMILES string of the molecule is CNc1ccccc1C(=O)Nc1ccc(F)c(Cl)c1. The minimum absolute atomic E-state index is 0.0281. The second kappa shape index (κ2) is 5.71. The number of carbonyl (C=O) groups excluding carboxylic acids is 1. The molecule has 98 valence electrons. The van der Waals surface area contributed by atoms with Crippen LogP contribution < -0.4 is 10.6 Å². The molecule has 2 aromatic carbocycles. The number of hydrogen-bond donors (Lipinski definition) is 2. The molecule has 5 heteroatoms. The maximum Gasteiger partial charge on any atom is 0.257 e. The molecular formula is C14H12ClFN2O. The van der Waals surface area contributed by atoms with Gasteiger partial charge in [-0.2, -0.15) is 0 Å². The molecule has 0 aromatic heterocycles. The monoisotopic (exact) mass is 278 g/mol. The summed E-state index contributed by atoms with van der Waals surface area (Å²) in [5, 5.41) is 5.58. The summed E-state index contributed by atoms with van der Waals surface area (Å²) >= 11 is 5.66. The van der Waals surface area contributed by atoms with Gasteiger partial charge >= 0.3 is 0 Å². The Morgan fingerprint density at radius 1 is 1.21 bits per heavy atom. The summed E-state index contributed by atoms with van der Waals surface area (Å²) < 4.78 is 13.0. The van der Waals surface area contributed by atoms with Crippen LogP contribution in [0.1, 0.15) is 10.4 Å². The van der Waals surface area contributed by atoms with Crippen molar-refractivity contribution in [3.63, 3.8) is 0 Å². The zero-order valence-electron chi connectivity index (χ0n) is 10.2. The molecule has 0 atom stereocenters. The van der Waals surface area contributed by atoms with Crippen LogP contribution in [0.4, 0.5) is 15.8 Å². The predicted molar refractivity (Wildman–Crippen MR) is 75.4 cm³/mol. The van der Waals surface area contributed by atoms with Crippen molar-refractivity contribution in [3.05, 3.63) is 58.9 Å². The topological polar surface area (TPSA) is 41.1 Å². The molecule has 19 heavy (non-hydrogen) atoms. The van der Waals surface area contributed by atoms with E-state index in [0.717, 1.165) is 0 Å². The number of nitrogens with one attached hydrogen (secondary N) is 2. The maximum absolute atomic E-state index is 13.0. The van der Waals surface area contributed by atoms with Crippen LogP contribution in [-0.2, 0) is 0 Å². The molecule has 3 nitrogen and oxygen atoms in total. The molecule has 0 radical (unpaired) electrons. The Bertz CT molecular complexity index is 616. The van der Waals surface area contributed by atoms with Crippen molar-refractivity contribution in [3.8, 4) is 0 Å². The third kappa shape index (κ3) is 3.03. The van der Waals surface area contributed by atoms with Crippen LogP contribution in [-0.4, -0.2) is 13.0 Å². The van der Waals surface area contributed by atoms with E-state index in [1.165, 1.54) is 18.2 Å². The van der Waals surface area contributed by atoms with Gasteiger partial charge in [0.1, 0.15) is 5.82 Å². The Labute approximate surface area is 115 Å². The van der Waals surface area contributed by atoms with Gasteiger partial charge in [-0.25, -0.2) is 4.39 Å². The first-order chi connectivity index (χ1) is 9.11. The van der Waals surface area contributed by atoms with E-state index in [9.17, 15) is 9.18 Å². The van der Waals surface area contributed by atoms with Crippen molar-refractivity contribution >= 4 is 28.9 Å². The Morgan fingerprint density at radius 3 is 2.63 bits per heavy atom. The average Bonchev–Trinajstić information content (AvgIpc) is 2.43. The van der Waals surface area contributed by atoms with Gasteiger partial charge in [-0.1, -0.05) is 23.7 Å². The first-order valence-electron chi connectivity index (χ1n) is 5.65. The van der Waals surface area contributed by atoms with E-state index in [2.05, 4.69) is 10.6 Å². The minimum Gasteiger partial charge on any atom is -0.387 e.